The summed E-state index contributed by atoms with van der Waals surface area (Å²) in [5.41, 5.74) is -0.264. The summed E-state index contributed by atoms with van der Waals surface area (Å²) in [6.45, 7) is 5.11. The molecular weight excluding hydrogens is 265 g/mol. The molecule has 20 heavy (non-hydrogen) atoms. The number of halogens is 3. The Morgan fingerprint density at radius 3 is 2.25 bits per heavy atom. The van der Waals surface area contributed by atoms with Crippen LogP contribution in [0.5, 0.6) is 0 Å². The Kier molecular flexibility index (Phi) is 6.02. The zero-order chi connectivity index (χ0) is 15.3. The van der Waals surface area contributed by atoms with E-state index in [9.17, 15) is 13.2 Å². The van der Waals surface area contributed by atoms with Crippen LogP contribution in [-0.4, -0.2) is 31.6 Å². The Labute approximate surface area is 119 Å². The highest BCUT2D eigenvalue weighted by molar-refractivity contribution is 5.29. The minimum atomic E-state index is -4.29. The van der Waals surface area contributed by atoms with E-state index in [1.54, 1.807) is 6.07 Å². The lowest BCUT2D eigenvalue weighted by molar-refractivity contribution is -0.138. The van der Waals surface area contributed by atoms with E-state index in [4.69, 9.17) is 0 Å². The molecule has 1 atom stereocenters. The molecular formula is C15H23F3N2. The van der Waals surface area contributed by atoms with Crippen LogP contribution in [0, 0.1) is 5.92 Å². The predicted molar refractivity (Wildman–Crippen MR) is 75.5 cm³/mol. The van der Waals surface area contributed by atoms with Crippen molar-refractivity contribution < 1.29 is 13.2 Å². The Bertz CT molecular complexity index is 406. The molecule has 1 N–H and O–H groups in total. The Morgan fingerprint density at radius 1 is 1.15 bits per heavy atom. The summed E-state index contributed by atoms with van der Waals surface area (Å²) in [7, 11) is 3.96. The van der Waals surface area contributed by atoms with Crippen molar-refractivity contribution in [2.24, 2.45) is 5.92 Å². The van der Waals surface area contributed by atoms with Gasteiger partial charge in [0.05, 0.1) is 5.56 Å². The molecule has 1 aromatic rings. The third-order valence-corrected chi connectivity index (χ3v) is 3.42. The number of benzene rings is 1. The van der Waals surface area contributed by atoms with Crippen LogP contribution in [-0.2, 0) is 12.7 Å². The van der Waals surface area contributed by atoms with Gasteiger partial charge in [0.2, 0.25) is 0 Å². The van der Waals surface area contributed by atoms with Crippen molar-refractivity contribution in [3.63, 3.8) is 0 Å². The maximum Gasteiger partial charge on any atom is 0.416 e. The van der Waals surface area contributed by atoms with E-state index >= 15 is 0 Å². The van der Waals surface area contributed by atoms with E-state index in [0.29, 0.717) is 24.1 Å². The number of rotatable bonds is 6. The third kappa shape index (κ3) is 4.80. The first kappa shape index (κ1) is 17.0. The van der Waals surface area contributed by atoms with Crippen molar-refractivity contribution in [3.05, 3.63) is 35.4 Å². The quantitative estimate of drug-likeness (QED) is 0.863. The van der Waals surface area contributed by atoms with Gasteiger partial charge >= 0.3 is 6.18 Å². The molecule has 0 radical (unpaired) electrons. The van der Waals surface area contributed by atoms with Crippen LogP contribution in [0.3, 0.4) is 0 Å². The van der Waals surface area contributed by atoms with E-state index in [1.165, 1.54) is 12.1 Å². The standard InChI is InChI=1S/C15H23F3N2/c1-11(2)14(20(3)4)10-19-9-12-7-5-6-8-13(12)15(16,17)18/h5-8,11,14,19H,9-10H2,1-4H3. The SMILES string of the molecule is CC(C)C(CNCc1ccccc1C(F)(F)F)N(C)C. The topological polar surface area (TPSA) is 15.3 Å². The van der Waals surface area contributed by atoms with E-state index in [-0.39, 0.29) is 6.54 Å². The number of hydrogen-bond donors (Lipinski definition) is 1. The molecule has 0 spiro atoms. The molecule has 0 fully saturated rings. The number of likely N-dealkylation sites (N-methyl/N-ethyl adjacent to an activating group) is 1. The number of nitrogens with zero attached hydrogens (tertiary/aromatic N) is 1. The summed E-state index contributed by atoms with van der Waals surface area (Å²) in [6, 6.07) is 6.01. The van der Waals surface area contributed by atoms with E-state index < -0.39 is 11.7 Å². The van der Waals surface area contributed by atoms with Crippen molar-refractivity contribution in [2.45, 2.75) is 32.6 Å². The van der Waals surface area contributed by atoms with Gasteiger partial charge in [0.25, 0.3) is 0 Å². The van der Waals surface area contributed by atoms with Gasteiger partial charge in [0, 0.05) is 19.1 Å². The second-order valence-electron chi connectivity index (χ2n) is 5.56. The number of nitrogens with one attached hydrogen (secondary N) is 1. The normalized spacial score (nSPS) is 14.1. The van der Waals surface area contributed by atoms with Crippen LogP contribution in [0.25, 0.3) is 0 Å². The maximum absolute atomic E-state index is 12.9. The molecule has 5 heteroatoms. The van der Waals surface area contributed by atoms with Gasteiger partial charge in [-0.15, -0.1) is 0 Å². The van der Waals surface area contributed by atoms with Gasteiger partial charge in [-0.05, 0) is 31.6 Å². The van der Waals surface area contributed by atoms with E-state index in [2.05, 4.69) is 24.1 Å². The fraction of sp³-hybridized carbons (Fsp3) is 0.600. The maximum atomic E-state index is 12.9. The zero-order valence-corrected chi connectivity index (χ0v) is 12.5. The summed E-state index contributed by atoms with van der Waals surface area (Å²) in [6.07, 6.45) is -4.29. The van der Waals surface area contributed by atoms with Gasteiger partial charge < -0.3 is 10.2 Å². The van der Waals surface area contributed by atoms with Crippen molar-refractivity contribution in [3.8, 4) is 0 Å². The Hall–Kier alpha value is -1.07. The molecule has 0 aliphatic carbocycles. The molecule has 1 unspecified atom stereocenters. The molecule has 114 valence electrons. The second-order valence-corrected chi connectivity index (χ2v) is 5.56. The van der Waals surface area contributed by atoms with Crippen LogP contribution < -0.4 is 5.32 Å². The molecule has 0 amide bonds. The highest BCUT2D eigenvalue weighted by Crippen LogP contribution is 2.31. The van der Waals surface area contributed by atoms with Crippen molar-refractivity contribution in [1.29, 1.82) is 0 Å². The van der Waals surface area contributed by atoms with Crippen molar-refractivity contribution in [2.75, 3.05) is 20.6 Å². The molecule has 1 aromatic carbocycles. The molecule has 0 saturated carbocycles. The molecule has 0 aromatic heterocycles. The van der Waals surface area contributed by atoms with Gasteiger partial charge in [-0.3, -0.25) is 0 Å². The fourth-order valence-electron chi connectivity index (χ4n) is 2.32. The van der Waals surface area contributed by atoms with Crippen LogP contribution in [0.1, 0.15) is 25.0 Å². The molecule has 0 aliphatic heterocycles. The lowest BCUT2D eigenvalue weighted by Gasteiger charge is -2.28. The summed E-state index contributed by atoms with van der Waals surface area (Å²) >= 11 is 0. The van der Waals surface area contributed by atoms with Gasteiger partial charge in [-0.1, -0.05) is 32.0 Å². The van der Waals surface area contributed by atoms with Gasteiger partial charge in [0.15, 0.2) is 0 Å². The van der Waals surface area contributed by atoms with Crippen LogP contribution in [0.15, 0.2) is 24.3 Å². The monoisotopic (exact) mass is 288 g/mol. The van der Waals surface area contributed by atoms with Gasteiger partial charge in [0.1, 0.15) is 0 Å². The molecule has 1 rings (SSSR count). The average Bonchev–Trinajstić information content (AvgIpc) is 2.33. The smallest absolute Gasteiger partial charge is 0.311 e. The lowest BCUT2D eigenvalue weighted by Crippen LogP contribution is -2.41. The molecule has 0 heterocycles. The first-order valence-electron chi connectivity index (χ1n) is 6.75. The minimum Gasteiger partial charge on any atom is -0.311 e. The van der Waals surface area contributed by atoms with E-state index in [1.807, 2.05) is 14.1 Å². The molecule has 0 bridgehead atoms. The van der Waals surface area contributed by atoms with E-state index in [0.717, 1.165) is 6.07 Å². The molecule has 0 aliphatic rings. The average molecular weight is 288 g/mol. The summed E-state index contributed by atoms with van der Waals surface area (Å²) in [5, 5.41) is 3.14. The first-order valence-corrected chi connectivity index (χ1v) is 6.75. The third-order valence-electron chi connectivity index (χ3n) is 3.42. The number of hydrogen-bond acceptors (Lipinski definition) is 2. The largest absolute Gasteiger partial charge is 0.416 e. The van der Waals surface area contributed by atoms with Crippen molar-refractivity contribution >= 4 is 0 Å². The van der Waals surface area contributed by atoms with Crippen LogP contribution >= 0.6 is 0 Å². The summed E-state index contributed by atoms with van der Waals surface area (Å²) in [4.78, 5) is 2.09. The first-order chi connectivity index (χ1) is 9.23. The van der Waals surface area contributed by atoms with Gasteiger partial charge in [-0.2, -0.15) is 13.2 Å². The highest BCUT2D eigenvalue weighted by atomic mass is 19.4. The minimum absolute atomic E-state index is 0.229. The predicted octanol–water partition coefficient (Wildman–Crippen LogP) is 3.38. The van der Waals surface area contributed by atoms with Gasteiger partial charge in [-0.25, -0.2) is 0 Å². The van der Waals surface area contributed by atoms with Crippen molar-refractivity contribution in [1.82, 2.24) is 10.2 Å². The Morgan fingerprint density at radius 2 is 1.75 bits per heavy atom. The lowest BCUT2D eigenvalue weighted by atomic mass is 10.0. The highest BCUT2D eigenvalue weighted by Gasteiger charge is 2.32. The number of alkyl halides is 3. The molecule has 0 saturated heterocycles. The van der Waals surface area contributed by atoms with Crippen LogP contribution in [0.2, 0.25) is 0 Å². The summed E-state index contributed by atoms with van der Waals surface area (Å²) < 4.78 is 38.6. The fourth-order valence-corrected chi connectivity index (χ4v) is 2.32. The molecule has 2 nitrogen and oxygen atoms in total. The summed E-state index contributed by atoms with van der Waals surface area (Å²) in [5.74, 6) is 0.440. The zero-order valence-electron chi connectivity index (χ0n) is 12.5. The Balaban J connectivity index is 2.67. The van der Waals surface area contributed by atoms with Crippen LogP contribution in [0.4, 0.5) is 13.2 Å². The second kappa shape index (κ2) is 7.09.